The van der Waals surface area contributed by atoms with Gasteiger partial charge >= 0.3 is 5.97 Å². The molecule has 0 atom stereocenters. The number of nitrogens with one attached hydrogen (secondary N) is 2. The fraction of sp³-hybridized carbons (Fsp3) is 0.211. The Hall–Kier alpha value is -2.73. The van der Waals surface area contributed by atoms with E-state index in [1.54, 1.807) is 0 Å². The number of esters is 1. The number of carbonyl (C=O) groups excluding carboxylic acids is 1. The van der Waals surface area contributed by atoms with Crippen LogP contribution in [0.2, 0.25) is 0 Å². The van der Waals surface area contributed by atoms with E-state index in [1.165, 1.54) is 7.11 Å². The Balaban J connectivity index is 1.98. The number of thiocarbonyl (C=S) groups is 1. The summed E-state index contributed by atoms with van der Waals surface area (Å²) in [5.74, 6) is -0.228. The minimum atomic E-state index is -0.228. The summed E-state index contributed by atoms with van der Waals surface area (Å²) in [6, 6.07) is 19.8. The van der Waals surface area contributed by atoms with Crippen molar-refractivity contribution in [2.24, 2.45) is 5.10 Å². The van der Waals surface area contributed by atoms with Crippen LogP contribution in [0.25, 0.3) is 0 Å². The summed E-state index contributed by atoms with van der Waals surface area (Å²) >= 11 is 5.23. The zero-order valence-electron chi connectivity index (χ0n) is 14.1. The molecule has 0 aliphatic rings. The molecule has 0 radical (unpaired) electrons. The van der Waals surface area contributed by atoms with E-state index in [-0.39, 0.29) is 5.97 Å². The number of methoxy groups -OCH3 is 1. The number of hydrazone groups is 1. The van der Waals surface area contributed by atoms with Gasteiger partial charge in [0.25, 0.3) is 0 Å². The highest BCUT2D eigenvalue weighted by Crippen LogP contribution is 2.10. The first-order valence-electron chi connectivity index (χ1n) is 8.00. The fourth-order valence-electron chi connectivity index (χ4n) is 2.17. The van der Waals surface area contributed by atoms with Gasteiger partial charge in [0.15, 0.2) is 5.11 Å². The lowest BCUT2D eigenvalue weighted by Crippen LogP contribution is -2.33. The normalized spacial score (nSPS) is 9.80. The van der Waals surface area contributed by atoms with E-state index in [0.29, 0.717) is 24.5 Å². The lowest BCUT2D eigenvalue weighted by molar-refractivity contribution is -0.140. The summed E-state index contributed by atoms with van der Waals surface area (Å²) < 4.78 is 4.60. The summed E-state index contributed by atoms with van der Waals surface area (Å²) in [6.45, 7) is 0.572. The van der Waals surface area contributed by atoms with Gasteiger partial charge in [-0.1, -0.05) is 60.7 Å². The Morgan fingerprint density at radius 1 is 1.04 bits per heavy atom. The van der Waals surface area contributed by atoms with Gasteiger partial charge < -0.3 is 10.1 Å². The number of carbonyl (C=O) groups is 1. The molecular formula is C19H21N3O2S. The summed E-state index contributed by atoms with van der Waals surface area (Å²) in [5, 5.41) is 7.90. The molecule has 0 unspecified atom stereocenters. The molecule has 25 heavy (non-hydrogen) atoms. The van der Waals surface area contributed by atoms with Crippen molar-refractivity contribution in [3.63, 3.8) is 0 Å². The molecule has 6 heteroatoms. The maximum atomic E-state index is 11.1. The monoisotopic (exact) mass is 355 g/mol. The van der Waals surface area contributed by atoms with Gasteiger partial charge in [0.1, 0.15) is 0 Å². The van der Waals surface area contributed by atoms with Crippen LogP contribution in [-0.4, -0.2) is 30.4 Å². The summed E-state index contributed by atoms with van der Waals surface area (Å²) in [7, 11) is 1.38. The second-order valence-electron chi connectivity index (χ2n) is 5.24. The highest BCUT2D eigenvalue weighted by molar-refractivity contribution is 7.80. The molecule has 0 aromatic heterocycles. The SMILES string of the molecule is COC(=O)CCCNC(=S)NN=C(c1ccccc1)c1ccccc1. The molecule has 0 bridgehead atoms. The Morgan fingerprint density at radius 3 is 2.12 bits per heavy atom. The second kappa shape index (κ2) is 10.2. The molecule has 0 saturated carbocycles. The van der Waals surface area contributed by atoms with Gasteiger partial charge in [-0.15, -0.1) is 0 Å². The molecule has 0 spiro atoms. The smallest absolute Gasteiger partial charge is 0.305 e. The first kappa shape index (κ1) is 18.6. The van der Waals surface area contributed by atoms with Gasteiger partial charge in [-0.3, -0.25) is 10.2 Å². The topological polar surface area (TPSA) is 62.7 Å². The third kappa shape index (κ3) is 6.35. The molecule has 0 heterocycles. The van der Waals surface area contributed by atoms with Gasteiger partial charge in [-0.05, 0) is 18.6 Å². The number of nitrogens with zero attached hydrogens (tertiary/aromatic N) is 1. The van der Waals surface area contributed by atoms with Crippen LogP contribution in [0.5, 0.6) is 0 Å². The minimum absolute atomic E-state index is 0.228. The molecule has 0 aliphatic carbocycles. The van der Waals surface area contributed by atoms with Gasteiger partial charge in [0.05, 0.1) is 12.8 Å². The van der Waals surface area contributed by atoms with Crippen LogP contribution in [-0.2, 0) is 9.53 Å². The van der Waals surface area contributed by atoms with E-state index >= 15 is 0 Å². The Morgan fingerprint density at radius 2 is 1.60 bits per heavy atom. The molecule has 5 nitrogen and oxygen atoms in total. The van der Waals surface area contributed by atoms with Crippen LogP contribution in [0.3, 0.4) is 0 Å². The fourth-order valence-corrected chi connectivity index (χ4v) is 2.32. The molecule has 2 rings (SSSR count). The summed E-state index contributed by atoms with van der Waals surface area (Å²) in [5.41, 5.74) is 5.67. The van der Waals surface area contributed by atoms with E-state index in [9.17, 15) is 4.79 Å². The predicted octanol–water partition coefficient (Wildman–Crippen LogP) is 2.86. The quantitative estimate of drug-likeness (QED) is 0.263. The minimum Gasteiger partial charge on any atom is -0.469 e. The third-order valence-corrected chi connectivity index (χ3v) is 3.67. The van der Waals surface area contributed by atoms with Crippen molar-refractivity contribution in [1.29, 1.82) is 0 Å². The highest BCUT2D eigenvalue weighted by Gasteiger charge is 2.07. The highest BCUT2D eigenvalue weighted by atomic mass is 32.1. The number of hydrogen-bond donors (Lipinski definition) is 2. The van der Waals surface area contributed by atoms with Gasteiger partial charge in [-0.25, -0.2) is 0 Å². The van der Waals surface area contributed by atoms with Crippen molar-refractivity contribution >= 4 is 29.0 Å². The zero-order valence-corrected chi connectivity index (χ0v) is 14.9. The molecule has 0 fully saturated rings. The Labute approximate surface area is 153 Å². The van der Waals surface area contributed by atoms with Crippen molar-refractivity contribution in [3.05, 3.63) is 71.8 Å². The van der Waals surface area contributed by atoms with Crippen LogP contribution < -0.4 is 10.7 Å². The van der Waals surface area contributed by atoms with Crippen molar-refractivity contribution in [2.45, 2.75) is 12.8 Å². The predicted molar refractivity (Wildman–Crippen MR) is 104 cm³/mol. The first-order valence-corrected chi connectivity index (χ1v) is 8.40. The average molecular weight is 355 g/mol. The summed E-state index contributed by atoms with van der Waals surface area (Å²) in [6.07, 6.45) is 0.997. The number of ether oxygens (including phenoxy) is 1. The van der Waals surface area contributed by atoms with E-state index in [0.717, 1.165) is 16.8 Å². The number of hydrogen-bond acceptors (Lipinski definition) is 4. The molecule has 0 aliphatic heterocycles. The first-order chi connectivity index (χ1) is 12.2. The molecule has 0 amide bonds. The Bertz CT molecular complexity index is 676. The molecule has 2 aromatic rings. The maximum Gasteiger partial charge on any atom is 0.305 e. The van der Waals surface area contributed by atoms with Crippen LogP contribution in [0.4, 0.5) is 0 Å². The maximum absolute atomic E-state index is 11.1. The van der Waals surface area contributed by atoms with Crippen molar-refractivity contribution in [1.82, 2.24) is 10.7 Å². The van der Waals surface area contributed by atoms with Crippen LogP contribution >= 0.6 is 12.2 Å². The van der Waals surface area contributed by atoms with Gasteiger partial charge in [0.2, 0.25) is 0 Å². The van der Waals surface area contributed by atoms with E-state index in [1.807, 2.05) is 60.7 Å². The standard InChI is InChI=1S/C19H21N3O2S/c1-24-17(23)13-8-14-20-19(25)22-21-18(15-9-4-2-5-10-15)16-11-6-3-7-12-16/h2-7,9-12H,8,13-14H2,1H3,(H2,20,22,25). The van der Waals surface area contributed by atoms with Crippen LogP contribution in [0.1, 0.15) is 24.0 Å². The van der Waals surface area contributed by atoms with E-state index in [4.69, 9.17) is 12.2 Å². The largest absolute Gasteiger partial charge is 0.469 e. The average Bonchev–Trinajstić information content (AvgIpc) is 2.67. The summed E-state index contributed by atoms with van der Waals surface area (Å²) in [4.78, 5) is 11.1. The van der Waals surface area contributed by atoms with Crippen molar-refractivity contribution in [2.75, 3.05) is 13.7 Å². The lowest BCUT2D eigenvalue weighted by Gasteiger charge is -2.10. The van der Waals surface area contributed by atoms with Crippen LogP contribution in [0, 0.1) is 0 Å². The lowest BCUT2D eigenvalue weighted by atomic mass is 10.0. The molecule has 2 N–H and O–H groups in total. The van der Waals surface area contributed by atoms with Gasteiger partial charge in [-0.2, -0.15) is 5.10 Å². The molecule has 2 aromatic carbocycles. The van der Waals surface area contributed by atoms with E-state index < -0.39 is 0 Å². The van der Waals surface area contributed by atoms with Crippen molar-refractivity contribution < 1.29 is 9.53 Å². The van der Waals surface area contributed by atoms with Gasteiger partial charge in [0, 0.05) is 24.1 Å². The second-order valence-corrected chi connectivity index (χ2v) is 5.65. The zero-order chi connectivity index (χ0) is 17.9. The van der Waals surface area contributed by atoms with Crippen molar-refractivity contribution in [3.8, 4) is 0 Å². The van der Waals surface area contributed by atoms with E-state index in [2.05, 4.69) is 20.6 Å². The Kier molecular flexibility index (Phi) is 7.59. The number of benzene rings is 2. The molecular weight excluding hydrogens is 334 g/mol. The third-order valence-electron chi connectivity index (χ3n) is 3.43. The molecule has 130 valence electrons. The molecule has 0 saturated heterocycles. The number of rotatable bonds is 7. The van der Waals surface area contributed by atoms with Crippen LogP contribution in [0.15, 0.2) is 65.8 Å².